The molecule has 0 bridgehead atoms. The van der Waals surface area contributed by atoms with E-state index >= 15 is 0 Å². The van der Waals surface area contributed by atoms with Crippen LogP contribution in [0.15, 0.2) is 29.4 Å². The highest BCUT2D eigenvalue weighted by Gasteiger charge is 2.12. The van der Waals surface area contributed by atoms with Gasteiger partial charge in [0.25, 0.3) is 0 Å². The lowest BCUT2D eigenvalue weighted by Crippen LogP contribution is -2.16. The van der Waals surface area contributed by atoms with Crippen LogP contribution < -0.4 is 4.74 Å². The first-order valence-electron chi connectivity index (χ1n) is 4.88. The Labute approximate surface area is 101 Å². The van der Waals surface area contributed by atoms with Gasteiger partial charge in [-0.05, 0) is 24.3 Å². The minimum absolute atomic E-state index is 0.160. The highest BCUT2D eigenvalue weighted by Crippen LogP contribution is 2.13. The summed E-state index contributed by atoms with van der Waals surface area (Å²) in [5.41, 5.74) is 1.07. The maximum atomic E-state index is 11.3. The fourth-order valence-electron chi connectivity index (χ4n) is 1.30. The Bertz CT molecular complexity index is 491. The number of benzene rings is 1. The van der Waals surface area contributed by atoms with Gasteiger partial charge in [0.2, 0.25) is 0 Å². The van der Waals surface area contributed by atoms with E-state index in [1.165, 1.54) is 7.11 Å². The molecule has 0 N–H and O–H groups in total. The largest absolute Gasteiger partial charge is 0.497 e. The summed E-state index contributed by atoms with van der Waals surface area (Å²) in [5.74, 6) is 0.539. The zero-order chi connectivity index (χ0) is 12.9. The van der Waals surface area contributed by atoms with Gasteiger partial charge in [0.05, 0.1) is 12.9 Å². The Morgan fingerprint density at radius 2 is 1.82 bits per heavy atom. The van der Waals surface area contributed by atoms with Crippen molar-refractivity contribution < 1.29 is 18.0 Å². The highest BCUT2D eigenvalue weighted by atomic mass is 32.2. The third-order valence-electron chi connectivity index (χ3n) is 2.02. The summed E-state index contributed by atoms with van der Waals surface area (Å²) >= 11 is 0. The number of nitrogens with zero attached hydrogens (tertiary/aromatic N) is 1. The summed E-state index contributed by atoms with van der Waals surface area (Å²) in [7, 11) is -0.206. The molecular formula is C11H15NO4S. The minimum atomic E-state index is -3.15. The predicted octanol–water partition coefficient (Wildman–Crippen LogP) is 1.09. The van der Waals surface area contributed by atoms with Crippen molar-refractivity contribution in [3.05, 3.63) is 29.8 Å². The van der Waals surface area contributed by atoms with Gasteiger partial charge in [-0.2, -0.15) is 0 Å². The van der Waals surface area contributed by atoms with Gasteiger partial charge in [-0.15, -0.1) is 0 Å². The fourth-order valence-corrected chi connectivity index (χ4v) is 2.02. The van der Waals surface area contributed by atoms with Crippen molar-refractivity contribution in [3.8, 4) is 5.75 Å². The van der Waals surface area contributed by atoms with E-state index in [-0.39, 0.29) is 5.75 Å². The smallest absolute Gasteiger partial charge is 0.153 e. The monoisotopic (exact) mass is 257 g/mol. The van der Waals surface area contributed by atoms with Crippen molar-refractivity contribution in [1.29, 1.82) is 0 Å². The van der Waals surface area contributed by atoms with E-state index in [2.05, 4.69) is 9.99 Å². The SMILES string of the molecule is CO/N=C(/CS(C)(=O)=O)c1ccc(OC)cc1. The number of rotatable bonds is 5. The van der Waals surface area contributed by atoms with Gasteiger partial charge in [-0.1, -0.05) is 5.16 Å². The second kappa shape index (κ2) is 5.67. The highest BCUT2D eigenvalue weighted by molar-refractivity contribution is 7.91. The van der Waals surface area contributed by atoms with Gasteiger partial charge in [0.1, 0.15) is 18.6 Å². The van der Waals surface area contributed by atoms with Gasteiger partial charge < -0.3 is 9.57 Å². The lowest BCUT2D eigenvalue weighted by molar-refractivity contribution is 0.213. The number of methoxy groups -OCH3 is 1. The van der Waals surface area contributed by atoms with Gasteiger partial charge in [-0.25, -0.2) is 8.42 Å². The molecule has 0 amide bonds. The molecule has 5 nitrogen and oxygen atoms in total. The quantitative estimate of drug-likeness (QED) is 0.585. The molecule has 6 heteroatoms. The van der Waals surface area contributed by atoms with Gasteiger partial charge in [0.15, 0.2) is 9.84 Å². The van der Waals surface area contributed by atoms with Gasteiger partial charge in [0, 0.05) is 11.8 Å². The van der Waals surface area contributed by atoms with Gasteiger partial charge >= 0.3 is 0 Å². The van der Waals surface area contributed by atoms with E-state index in [0.717, 1.165) is 6.26 Å². The molecule has 0 aromatic heterocycles. The van der Waals surface area contributed by atoms with Crippen LogP contribution in [0.1, 0.15) is 5.56 Å². The molecule has 1 aromatic carbocycles. The van der Waals surface area contributed by atoms with Crippen LogP contribution in [0.25, 0.3) is 0 Å². The number of hydrogen-bond donors (Lipinski definition) is 0. The molecule has 0 unspecified atom stereocenters. The Hall–Kier alpha value is -1.56. The van der Waals surface area contributed by atoms with Crippen LogP contribution in [0.2, 0.25) is 0 Å². The number of sulfone groups is 1. The topological polar surface area (TPSA) is 65.0 Å². The molecule has 1 aromatic rings. The molecule has 0 saturated carbocycles. The number of ether oxygens (including phenoxy) is 1. The summed E-state index contributed by atoms with van der Waals surface area (Å²) in [6, 6.07) is 6.95. The van der Waals surface area contributed by atoms with Crippen LogP contribution in [-0.2, 0) is 14.7 Å². The van der Waals surface area contributed by atoms with Crippen molar-refractivity contribution >= 4 is 15.5 Å². The molecule has 1 rings (SSSR count). The Morgan fingerprint density at radius 3 is 2.24 bits per heavy atom. The average Bonchev–Trinajstić information content (AvgIpc) is 2.27. The second-order valence-corrected chi connectivity index (χ2v) is 5.66. The molecule has 0 spiro atoms. The molecular weight excluding hydrogens is 242 g/mol. The third kappa shape index (κ3) is 4.44. The summed E-state index contributed by atoms with van der Waals surface area (Å²) in [6.45, 7) is 0. The lowest BCUT2D eigenvalue weighted by atomic mass is 10.1. The van der Waals surface area contributed by atoms with Crippen molar-refractivity contribution in [1.82, 2.24) is 0 Å². The van der Waals surface area contributed by atoms with E-state index in [1.807, 2.05) is 0 Å². The molecule has 17 heavy (non-hydrogen) atoms. The molecule has 0 heterocycles. The van der Waals surface area contributed by atoms with Crippen molar-refractivity contribution in [3.63, 3.8) is 0 Å². The van der Waals surface area contributed by atoms with Crippen LogP contribution in [0.4, 0.5) is 0 Å². The van der Waals surface area contributed by atoms with E-state index in [4.69, 9.17) is 4.74 Å². The standard InChI is InChI=1S/C11H15NO4S/c1-15-10-6-4-9(5-7-10)11(12-16-2)8-17(3,13)14/h4-7H,8H2,1-3H3/b12-11-. The Balaban J connectivity index is 3.02. The van der Waals surface area contributed by atoms with Crippen molar-refractivity contribution in [2.24, 2.45) is 5.16 Å². The molecule has 0 saturated heterocycles. The van der Waals surface area contributed by atoms with Crippen LogP contribution >= 0.6 is 0 Å². The first-order chi connectivity index (χ1) is 7.96. The maximum Gasteiger partial charge on any atom is 0.153 e. The molecule has 0 aliphatic heterocycles. The zero-order valence-corrected chi connectivity index (χ0v) is 10.8. The van der Waals surface area contributed by atoms with Crippen molar-refractivity contribution in [2.75, 3.05) is 26.2 Å². The van der Waals surface area contributed by atoms with Crippen LogP contribution in [0.3, 0.4) is 0 Å². The van der Waals surface area contributed by atoms with E-state index < -0.39 is 9.84 Å². The fraction of sp³-hybridized carbons (Fsp3) is 0.364. The predicted molar refractivity (Wildman–Crippen MR) is 66.3 cm³/mol. The van der Waals surface area contributed by atoms with Crippen LogP contribution in [0.5, 0.6) is 5.75 Å². The van der Waals surface area contributed by atoms with E-state index in [1.54, 1.807) is 31.4 Å². The normalized spacial score (nSPS) is 12.3. The molecule has 0 aliphatic carbocycles. The number of oxime groups is 1. The van der Waals surface area contributed by atoms with Crippen molar-refractivity contribution in [2.45, 2.75) is 0 Å². The third-order valence-corrected chi connectivity index (χ3v) is 2.82. The molecule has 0 fully saturated rings. The Morgan fingerprint density at radius 1 is 1.24 bits per heavy atom. The molecule has 94 valence electrons. The second-order valence-electron chi connectivity index (χ2n) is 3.52. The maximum absolute atomic E-state index is 11.3. The van der Waals surface area contributed by atoms with Gasteiger partial charge in [-0.3, -0.25) is 0 Å². The average molecular weight is 257 g/mol. The minimum Gasteiger partial charge on any atom is -0.497 e. The Kier molecular flexibility index (Phi) is 4.51. The molecule has 0 radical (unpaired) electrons. The summed E-state index contributed by atoms with van der Waals surface area (Å²) in [4.78, 5) is 4.65. The first kappa shape index (κ1) is 13.5. The summed E-state index contributed by atoms with van der Waals surface area (Å²) in [6.07, 6.45) is 1.15. The molecule has 0 aliphatic rings. The molecule has 0 atom stereocenters. The van der Waals surface area contributed by atoms with Crippen LogP contribution in [-0.4, -0.2) is 40.4 Å². The van der Waals surface area contributed by atoms with E-state index in [0.29, 0.717) is 17.0 Å². The summed E-state index contributed by atoms with van der Waals surface area (Å²) in [5, 5.41) is 3.73. The lowest BCUT2D eigenvalue weighted by Gasteiger charge is -2.06. The zero-order valence-electron chi connectivity index (χ0n) is 10.0. The van der Waals surface area contributed by atoms with Crippen LogP contribution in [0, 0.1) is 0 Å². The first-order valence-corrected chi connectivity index (χ1v) is 6.94. The summed E-state index contributed by atoms with van der Waals surface area (Å²) < 4.78 is 27.5. The number of hydrogen-bond acceptors (Lipinski definition) is 5. The van der Waals surface area contributed by atoms with E-state index in [9.17, 15) is 8.42 Å².